The zero-order valence-corrected chi connectivity index (χ0v) is 10.1. The summed E-state index contributed by atoms with van der Waals surface area (Å²) in [7, 11) is 0. The molecule has 1 fully saturated rings. The van der Waals surface area contributed by atoms with Crippen LogP contribution in [0.1, 0.15) is 40.0 Å². The van der Waals surface area contributed by atoms with Gasteiger partial charge in [-0.05, 0) is 25.3 Å². The molecule has 3 unspecified atom stereocenters. The van der Waals surface area contributed by atoms with Gasteiger partial charge in [-0.1, -0.05) is 27.2 Å². The van der Waals surface area contributed by atoms with Gasteiger partial charge in [-0.15, -0.1) is 0 Å². The Morgan fingerprint density at radius 1 is 1.53 bits per heavy atom. The molecular weight excluding hydrogens is 190 g/mol. The molecule has 0 saturated heterocycles. The first-order valence-electron chi connectivity index (χ1n) is 6.03. The predicted molar refractivity (Wildman–Crippen MR) is 60.8 cm³/mol. The molecule has 0 radical (unpaired) electrons. The van der Waals surface area contributed by atoms with Crippen molar-refractivity contribution in [3.63, 3.8) is 0 Å². The number of hydrogen-bond acceptors (Lipinski definition) is 2. The molecule has 1 aliphatic carbocycles. The van der Waals surface area contributed by atoms with E-state index < -0.39 is 5.97 Å². The third-order valence-corrected chi connectivity index (χ3v) is 3.62. The second-order valence-electron chi connectivity index (χ2n) is 4.80. The predicted octanol–water partition coefficient (Wildman–Crippen LogP) is 2.22. The van der Waals surface area contributed by atoms with Gasteiger partial charge in [-0.2, -0.15) is 0 Å². The van der Waals surface area contributed by atoms with Crippen LogP contribution in [0.4, 0.5) is 0 Å². The number of aliphatic carboxylic acids is 1. The van der Waals surface area contributed by atoms with E-state index in [1.165, 1.54) is 19.3 Å². The SMILES string of the molecule is CCN(CC(C)C(=O)O)C1CCCC1C. The molecule has 1 N–H and O–H groups in total. The molecule has 15 heavy (non-hydrogen) atoms. The highest BCUT2D eigenvalue weighted by Crippen LogP contribution is 2.29. The van der Waals surface area contributed by atoms with Gasteiger partial charge in [-0.25, -0.2) is 0 Å². The second kappa shape index (κ2) is 5.50. The third kappa shape index (κ3) is 3.20. The molecule has 0 aromatic carbocycles. The molecular formula is C12H23NO2. The van der Waals surface area contributed by atoms with Gasteiger partial charge in [0.05, 0.1) is 5.92 Å². The lowest BCUT2D eigenvalue weighted by molar-refractivity contribution is -0.142. The minimum Gasteiger partial charge on any atom is -0.481 e. The van der Waals surface area contributed by atoms with Crippen LogP contribution in [0.15, 0.2) is 0 Å². The fourth-order valence-corrected chi connectivity index (χ4v) is 2.60. The summed E-state index contributed by atoms with van der Waals surface area (Å²) in [6, 6.07) is 0.608. The van der Waals surface area contributed by atoms with E-state index in [0.29, 0.717) is 12.6 Å². The molecule has 1 aliphatic rings. The van der Waals surface area contributed by atoms with Gasteiger partial charge >= 0.3 is 5.97 Å². The van der Waals surface area contributed by atoms with Crippen molar-refractivity contribution in [2.45, 2.75) is 46.1 Å². The van der Waals surface area contributed by atoms with Gasteiger partial charge in [0.2, 0.25) is 0 Å². The van der Waals surface area contributed by atoms with E-state index in [9.17, 15) is 4.79 Å². The number of carboxylic acid groups (broad SMARTS) is 1. The monoisotopic (exact) mass is 213 g/mol. The molecule has 3 atom stereocenters. The van der Waals surface area contributed by atoms with Crippen molar-refractivity contribution >= 4 is 5.97 Å². The smallest absolute Gasteiger partial charge is 0.307 e. The van der Waals surface area contributed by atoms with Crippen LogP contribution in [0.3, 0.4) is 0 Å². The molecule has 3 nitrogen and oxygen atoms in total. The minimum absolute atomic E-state index is 0.252. The van der Waals surface area contributed by atoms with E-state index in [1.54, 1.807) is 6.92 Å². The Bertz CT molecular complexity index is 218. The molecule has 1 saturated carbocycles. The quantitative estimate of drug-likeness (QED) is 0.761. The summed E-state index contributed by atoms with van der Waals surface area (Å²) < 4.78 is 0. The first-order valence-corrected chi connectivity index (χ1v) is 6.03. The van der Waals surface area contributed by atoms with E-state index in [-0.39, 0.29) is 5.92 Å². The highest BCUT2D eigenvalue weighted by atomic mass is 16.4. The van der Waals surface area contributed by atoms with E-state index in [2.05, 4.69) is 18.7 Å². The van der Waals surface area contributed by atoms with Crippen LogP contribution < -0.4 is 0 Å². The molecule has 1 rings (SSSR count). The summed E-state index contributed by atoms with van der Waals surface area (Å²) in [5.74, 6) is -0.206. The maximum Gasteiger partial charge on any atom is 0.307 e. The highest BCUT2D eigenvalue weighted by molar-refractivity contribution is 5.69. The maximum atomic E-state index is 10.8. The van der Waals surface area contributed by atoms with E-state index in [4.69, 9.17) is 5.11 Å². The van der Waals surface area contributed by atoms with Gasteiger partial charge in [0.1, 0.15) is 0 Å². The van der Waals surface area contributed by atoms with Crippen molar-refractivity contribution in [3.8, 4) is 0 Å². The Labute approximate surface area is 92.5 Å². The lowest BCUT2D eigenvalue weighted by Crippen LogP contribution is -2.41. The Morgan fingerprint density at radius 2 is 2.20 bits per heavy atom. The third-order valence-electron chi connectivity index (χ3n) is 3.62. The Balaban J connectivity index is 2.51. The van der Waals surface area contributed by atoms with E-state index in [0.717, 1.165) is 12.5 Å². The Kier molecular flexibility index (Phi) is 4.58. The summed E-state index contributed by atoms with van der Waals surface area (Å²) >= 11 is 0. The van der Waals surface area contributed by atoms with Crippen molar-refractivity contribution in [1.82, 2.24) is 4.90 Å². The first-order chi connectivity index (χ1) is 7.06. The van der Waals surface area contributed by atoms with Crippen LogP contribution in [0.5, 0.6) is 0 Å². The van der Waals surface area contributed by atoms with Crippen LogP contribution in [0.25, 0.3) is 0 Å². The van der Waals surface area contributed by atoms with Crippen LogP contribution in [0.2, 0.25) is 0 Å². The molecule has 0 amide bonds. The molecule has 0 aromatic rings. The number of carboxylic acids is 1. The number of rotatable bonds is 5. The number of nitrogens with zero attached hydrogens (tertiary/aromatic N) is 1. The van der Waals surface area contributed by atoms with E-state index in [1.807, 2.05) is 0 Å². The topological polar surface area (TPSA) is 40.5 Å². The molecule has 3 heteroatoms. The molecule has 0 spiro atoms. The standard InChI is InChI=1S/C12H23NO2/c1-4-13(8-10(3)12(14)15)11-7-5-6-9(11)2/h9-11H,4-8H2,1-3H3,(H,14,15). The van der Waals surface area contributed by atoms with Crippen molar-refractivity contribution in [3.05, 3.63) is 0 Å². The molecule has 0 heterocycles. The van der Waals surface area contributed by atoms with Gasteiger partial charge in [0, 0.05) is 12.6 Å². The molecule has 0 bridgehead atoms. The summed E-state index contributed by atoms with van der Waals surface area (Å²) in [4.78, 5) is 13.2. The number of carbonyl (C=O) groups is 1. The van der Waals surface area contributed by atoms with Crippen molar-refractivity contribution in [2.24, 2.45) is 11.8 Å². The molecule has 0 aromatic heterocycles. The fraction of sp³-hybridized carbons (Fsp3) is 0.917. The van der Waals surface area contributed by atoms with Crippen LogP contribution in [0, 0.1) is 11.8 Å². The summed E-state index contributed by atoms with van der Waals surface area (Å²) in [6.45, 7) is 7.86. The summed E-state index contributed by atoms with van der Waals surface area (Å²) in [5.41, 5.74) is 0. The van der Waals surface area contributed by atoms with Crippen molar-refractivity contribution < 1.29 is 9.90 Å². The maximum absolute atomic E-state index is 10.8. The molecule has 88 valence electrons. The van der Waals surface area contributed by atoms with Crippen molar-refractivity contribution in [2.75, 3.05) is 13.1 Å². The molecule has 0 aliphatic heterocycles. The van der Waals surface area contributed by atoms with E-state index >= 15 is 0 Å². The lowest BCUT2D eigenvalue weighted by atomic mass is 10.0. The summed E-state index contributed by atoms with van der Waals surface area (Å²) in [6.07, 6.45) is 3.83. The zero-order chi connectivity index (χ0) is 11.4. The number of hydrogen-bond donors (Lipinski definition) is 1. The van der Waals surface area contributed by atoms with Gasteiger partial charge < -0.3 is 5.11 Å². The minimum atomic E-state index is -0.681. The van der Waals surface area contributed by atoms with Crippen LogP contribution in [-0.2, 0) is 4.79 Å². The average molecular weight is 213 g/mol. The average Bonchev–Trinajstić information content (AvgIpc) is 2.60. The normalized spacial score (nSPS) is 28.3. The van der Waals surface area contributed by atoms with Gasteiger partial charge in [0.25, 0.3) is 0 Å². The van der Waals surface area contributed by atoms with Gasteiger partial charge in [-0.3, -0.25) is 9.69 Å². The lowest BCUT2D eigenvalue weighted by Gasteiger charge is -2.31. The zero-order valence-electron chi connectivity index (χ0n) is 10.1. The fourth-order valence-electron chi connectivity index (χ4n) is 2.60. The van der Waals surface area contributed by atoms with Gasteiger partial charge in [0.15, 0.2) is 0 Å². The summed E-state index contributed by atoms with van der Waals surface area (Å²) in [5, 5.41) is 8.91. The van der Waals surface area contributed by atoms with Crippen LogP contribution in [-0.4, -0.2) is 35.1 Å². The van der Waals surface area contributed by atoms with Crippen LogP contribution >= 0.6 is 0 Å². The Hall–Kier alpha value is -0.570. The van der Waals surface area contributed by atoms with Crippen molar-refractivity contribution in [1.29, 1.82) is 0 Å². The largest absolute Gasteiger partial charge is 0.481 e. The Morgan fingerprint density at radius 3 is 2.60 bits per heavy atom. The highest BCUT2D eigenvalue weighted by Gasteiger charge is 2.29. The second-order valence-corrected chi connectivity index (χ2v) is 4.80. The first kappa shape index (κ1) is 12.5.